The van der Waals surface area contributed by atoms with Gasteiger partial charge in [0.25, 0.3) is 5.91 Å². The van der Waals surface area contributed by atoms with Crippen LogP contribution in [0.2, 0.25) is 0 Å². The Balaban J connectivity index is 1.80. The van der Waals surface area contributed by atoms with Gasteiger partial charge in [0, 0.05) is 16.1 Å². The Labute approximate surface area is 143 Å². The third kappa shape index (κ3) is 3.87. The van der Waals surface area contributed by atoms with Crippen molar-refractivity contribution in [2.75, 3.05) is 5.32 Å². The summed E-state index contributed by atoms with van der Waals surface area (Å²) in [5.41, 5.74) is 2.61. The van der Waals surface area contributed by atoms with Crippen LogP contribution in [-0.2, 0) is 6.54 Å². The van der Waals surface area contributed by atoms with E-state index in [-0.39, 0.29) is 5.91 Å². The minimum atomic E-state index is -0.147. The van der Waals surface area contributed by atoms with E-state index >= 15 is 0 Å². The van der Waals surface area contributed by atoms with Gasteiger partial charge in [0.15, 0.2) is 0 Å². The molecule has 0 fully saturated rings. The zero-order chi connectivity index (χ0) is 16.2. The van der Waals surface area contributed by atoms with Gasteiger partial charge in [-0.15, -0.1) is 0 Å². The Bertz CT molecular complexity index is 810. The Morgan fingerprint density at radius 3 is 2.52 bits per heavy atom. The van der Waals surface area contributed by atoms with Gasteiger partial charge in [-0.05, 0) is 36.8 Å². The number of hydrogen-bond acceptors (Lipinski definition) is 2. The second kappa shape index (κ2) is 6.79. The molecule has 0 saturated heterocycles. The van der Waals surface area contributed by atoms with Crippen molar-refractivity contribution in [2.24, 2.45) is 0 Å². The number of anilines is 1. The first-order valence-corrected chi connectivity index (χ1v) is 8.06. The summed E-state index contributed by atoms with van der Waals surface area (Å²) >= 11 is 3.37. The molecule has 0 unspecified atom stereocenters. The van der Waals surface area contributed by atoms with Crippen molar-refractivity contribution in [2.45, 2.75) is 13.5 Å². The maximum absolute atomic E-state index is 12.4. The molecule has 0 aliphatic heterocycles. The van der Waals surface area contributed by atoms with Crippen LogP contribution in [0, 0.1) is 6.92 Å². The van der Waals surface area contributed by atoms with Gasteiger partial charge in [0.1, 0.15) is 5.82 Å². The molecule has 2 aromatic carbocycles. The smallest absolute Gasteiger partial charge is 0.256 e. The molecule has 3 aromatic rings. The predicted molar refractivity (Wildman–Crippen MR) is 94.6 cm³/mol. The number of carbonyl (C=O) groups is 1. The highest BCUT2D eigenvalue weighted by molar-refractivity contribution is 9.10. The normalized spacial score (nSPS) is 10.5. The predicted octanol–water partition coefficient (Wildman–Crippen LogP) is 4.25. The lowest BCUT2D eigenvalue weighted by Crippen LogP contribution is -2.16. The second-order valence-electron chi connectivity index (χ2n) is 5.28. The lowest BCUT2D eigenvalue weighted by molar-refractivity contribution is 0.102. The van der Waals surface area contributed by atoms with Crippen molar-refractivity contribution in [3.05, 3.63) is 82.0 Å². The fourth-order valence-corrected chi connectivity index (χ4v) is 2.58. The molecule has 0 bridgehead atoms. The standard InChI is InChI=1S/C18H16BrN3O/c1-13-11-17(20-18(23)15-7-9-16(19)10-8-15)22(21-13)12-14-5-3-2-4-6-14/h2-11H,12H2,1H3,(H,20,23). The highest BCUT2D eigenvalue weighted by atomic mass is 79.9. The molecule has 1 amide bonds. The van der Waals surface area contributed by atoms with E-state index in [1.807, 2.05) is 55.5 Å². The number of halogens is 1. The molecule has 0 aliphatic carbocycles. The van der Waals surface area contributed by atoms with Crippen molar-refractivity contribution in [3.8, 4) is 0 Å². The molecule has 1 heterocycles. The minimum Gasteiger partial charge on any atom is -0.307 e. The molecule has 116 valence electrons. The van der Waals surface area contributed by atoms with Crippen LogP contribution in [0.25, 0.3) is 0 Å². The van der Waals surface area contributed by atoms with Gasteiger partial charge in [-0.3, -0.25) is 4.79 Å². The first kappa shape index (κ1) is 15.5. The summed E-state index contributed by atoms with van der Waals surface area (Å²) in [5.74, 6) is 0.547. The van der Waals surface area contributed by atoms with E-state index in [0.29, 0.717) is 17.9 Å². The van der Waals surface area contributed by atoms with Crippen LogP contribution in [0.15, 0.2) is 65.1 Å². The Hall–Kier alpha value is -2.40. The summed E-state index contributed by atoms with van der Waals surface area (Å²) in [7, 11) is 0. The molecule has 0 saturated carbocycles. The number of nitrogens with one attached hydrogen (secondary N) is 1. The largest absolute Gasteiger partial charge is 0.307 e. The quantitative estimate of drug-likeness (QED) is 0.746. The van der Waals surface area contributed by atoms with Crippen molar-refractivity contribution in [1.82, 2.24) is 9.78 Å². The van der Waals surface area contributed by atoms with Gasteiger partial charge in [-0.1, -0.05) is 46.3 Å². The summed E-state index contributed by atoms with van der Waals surface area (Å²) in [6.45, 7) is 2.53. The number of aromatic nitrogens is 2. The molecule has 0 atom stereocenters. The van der Waals surface area contributed by atoms with Gasteiger partial charge in [-0.25, -0.2) is 4.68 Å². The van der Waals surface area contributed by atoms with Crippen LogP contribution in [0.1, 0.15) is 21.6 Å². The molecule has 0 radical (unpaired) electrons. The zero-order valence-corrected chi connectivity index (χ0v) is 14.2. The van der Waals surface area contributed by atoms with Gasteiger partial charge in [-0.2, -0.15) is 5.10 Å². The molecule has 23 heavy (non-hydrogen) atoms. The monoisotopic (exact) mass is 369 g/mol. The molecule has 0 spiro atoms. The van der Waals surface area contributed by atoms with Gasteiger partial charge < -0.3 is 5.32 Å². The molecular weight excluding hydrogens is 354 g/mol. The Morgan fingerprint density at radius 2 is 1.83 bits per heavy atom. The SMILES string of the molecule is Cc1cc(NC(=O)c2ccc(Br)cc2)n(Cc2ccccc2)n1. The fourth-order valence-electron chi connectivity index (χ4n) is 2.31. The zero-order valence-electron chi connectivity index (χ0n) is 12.7. The van der Waals surface area contributed by atoms with Gasteiger partial charge >= 0.3 is 0 Å². The number of aryl methyl sites for hydroxylation is 1. The van der Waals surface area contributed by atoms with Crippen LogP contribution >= 0.6 is 15.9 Å². The Morgan fingerprint density at radius 1 is 1.13 bits per heavy atom. The molecule has 4 nitrogen and oxygen atoms in total. The topological polar surface area (TPSA) is 46.9 Å². The van der Waals surface area contributed by atoms with E-state index in [0.717, 1.165) is 15.7 Å². The van der Waals surface area contributed by atoms with Crippen molar-refractivity contribution in [1.29, 1.82) is 0 Å². The maximum atomic E-state index is 12.4. The lowest BCUT2D eigenvalue weighted by atomic mass is 10.2. The summed E-state index contributed by atoms with van der Waals surface area (Å²) in [6.07, 6.45) is 0. The van der Waals surface area contributed by atoms with Crippen LogP contribution in [0.3, 0.4) is 0 Å². The number of carbonyl (C=O) groups excluding carboxylic acids is 1. The number of rotatable bonds is 4. The maximum Gasteiger partial charge on any atom is 0.256 e. The highest BCUT2D eigenvalue weighted by Crippen LogP contribution is 2.16. The summed E-state index contributed by atoms with van der Waals surface area (Å²) in [5, 5.41) is 7.39. The average Bonchev–Trinajstić information content (AvgIpc) is 2.88. The molecule has 1 N–H and O–H groups in total. The van der Waals surface area contributed by atoms with E-state index in [9.17, 15) is 4.79 Å². The van der Waals surface area contributed by atoms with E-state index in [1.165, 1.54) is 0 Å². The third-order valence-corrected chi connectivity index (χ3v) is 3.95. The van der Waals surface area contributed by atoms with Gasteiger partial charge in [0.05, 0.1) is 12.2 Å². The second-order valence-corrected chi connectivity index (χ2v) is 6.19. The number of nitrogens with zero attached hydrogens (tertiary/aromatic N) is 2. The molecule has 5 heteroatoms. The van der Waals surface area contributed by atoms with E-state index in [4.69, 9.17) is 0 Å². The van der Waals surface area contributed by atoms with Crippen LogP contribution in [-0.4, -0.2) is 15.7 Å². The minimum absolute atomic E-state index is 0.147. The van der Waals surface area contributed by atoms with Crippen molar-refractivity contribution >= 4 is 27.7 Å². The third-order valence-electron chi connectivity index (χ3n) is 3.43. The number of hydrogen-bond donors (Lipinski definition) is 1. The molecule has 3 rings (SSSR count). The molecule has 0 aliphatic rings. The number of benzene rings is 2. The fraction of sp³-hybridized carbons (Fsp3) is 0.111. The summed E-state index contributed by atoms with van der Waals surface area (Å²) < 4.78 is 2.75. The highest BCUT2D eigenvalue weighted by Gasteiger charge is 2.11. The van der Waals surface area contributed by atoms with Crippen molar-refractivity contribution < 1.29 is 4.79 Å². The van der Waals surface area contributed by atoms with Crippen LogP contribution in [0.4, 0.5) is 5.82 Å². The van der Waals surface area contributed by atoms with E-state index < -0.39 is 0 Å². The average molecular weight is 370 g/mol. The number of amides is 1. The lowest BCUT2D eigenvalue weighted by Gasteiger charge is -2.09. The van der Waals surface area contributed by atoms with Gasteiger partial charge in [0.2, 0.25) is 0 Å². The first-order valence-electron chi connectivity index (χ1n) is 7.27. The first-order chi connectivity index (χ1) is 11.1. The van der Waals surface area contributed by atoms with Crippen molar-refractivity contribution in [3.63, 3.8) is 0 Å². The summed E-state index contributed by atoms with van der Waals surface area (Å²) in [4.78, 5) is 12.4. The summed E-state index contributed by atoms with van der Waals surface area (Å²) in [6, 6.07) is 19.2. The van der Waals surface area contributed by atoms with Crippen LogP contribution < -0.4 is 5.32 Å². The molecule has 1 aromatic heterocycles. The molecular formula is C18H16BrN3O. The van der Waals surface area contributed by atoms with Crippen LogP contribution in [0.5, 0.6) is 0 Å². The van der Waals surface area contributed by atoms with E-state index in [1.54, 1.807) is 16.8 Å². The Kier molecular flexibility index (Phi) is 4.57. The van der Waals surface area contributed by atoms with E-state index in [2.05, 4.69) is 26.3 Å².